The average molecular weight is 287 g/mol. The Morgan fingerprint density at radius 2 is 1.45 bits per heavy atom. The Bertz CT molecular complexity index is 326. The first-order chi connectivity index (χ1) is 8.91. The van der Waals surface area contributed by atoms with Gasteiger partial charge < -0.3 is 15.2 Å². The van der Waals surface area contributed by atoms with Gasteiger partial charge in [0.15, 0.2) is 0 Å². The Labute approximate surface area is 122 Å². The Morgan fingerprint density at radius 3 is 1.90 bits per heavy atom. The summed E-state index contributed by atoms with van der Waals surface area (Å²) in [5, 5.41) is 0. The van der Waals surface area contributed by atoms with Crippen LogP contribution in [0.3, 0.4) is 0 Å². The molecule has 0 rings (SSSR count). The van der Waals surface area contributed by atoms with E-state index in [1.54, 1.807) is 20.8 Å². The lowest BCUT2D eigenvalue weighted by atomic mass is 10.1. The lowest BCUT2D eigenvalue weighted by Crippen LogP contribution is -2.37. The van der Waals surface area contributed by atoms with Crippen LogP contribution in [0.1, 0.15) is 67.2 Å². The van der Waals surface area contributed by atoms with Crippen molar-refractivity contribution in [2.75, 3.05) is 0 Å². The van der Waals surface area contributed by atoms with Gasteiger partial charge in [-0.15, -0.1) is 0 Å². The second-order valence-electron chi connectivity index (χ2n) is 6.97. The predicted molar refractivity (Wildman–Crippen MR) is 78.1 cm³/mol. The average Bonchev–Trinajstić information content (AvgIpc) is 2.18. The van der Waals surface area contributed by atoms with Crippen molar-refractivity contribution < 1.29 is 19.1 Å². The molecule has 1 atom stereocenters. The number of rotatable bonds is 6. The van der Waals surface area contributed by atoms with Crippen LogP contribution in [-0.4, -0.2) is 29.2 Å². The van der Waals surface area contributed by atoms with Crippen molar-refractivity contribution in [3.63, 3.8) is 0 Å². The summed E-state index contributed by atoms with van der Waals surface area (Å²) in [6.45, 7) is 10.9. The van der Waals surface area contributed by atoms with E-state index >= 15 is 0 Å². The largest absolute Gasteiger partial charge is 0.460 e. The van der Waals surface area contributed by atoms with Crippen LogP contribution in [0.2, 0.25) is 0 Å². The van der Waals surface area contributed by atoms with Crippen LogP contribution in [-0.2, 0) is 19.1 Å². The maximum Gasteiger partial charge on any atom is 0.323 e. The molecule has 0 fully saturated rings. The fourth-order valence-corrected chi connectivity index (χ4v) is 1.52. The molecule has 5 nitrogen and oxygen atoms in total. The summed E-state index contributed by atoms with van der Waals surface area (Å²) < 4.78 is 10.4. The molecule has 118 valence electrons. The quantitative estimate of drug-likeness (QED) is 0.600. The molecular formula is C15H29NO4. The van der Waals surface area contributed by atoms with Crippen LogP contribution in [0.4, 0.5) is 0 Å². The molecule has 0 aromatic rings. The zero-order valence-electron chi connectivity index (χ0n) is 13.6. The molecule has 0 radical (unpaired) electrons. The van der Waals surface area contributed by atoms with Crippen LogP contribution in [0.5, 0.6) is 0 Å². The minimum absolute atomic E-state index is 0.219. The molecule has 0 saturated heterocycles. The second kappa shape index (κ2) is 7.62. The first-order valence-corrected chi connectivity index (χ1v) is 7.11. The molecule has 0 aromatic carbocycles. The molecule has 1 unspecified atom stereocenters. The van der Waals surface area contributed by atoms with Crippen molar-refractivity contribution in [1.82, 2.24) is 0 Å². The van der Waals surface area contributed by atoms with E-state index in [9.17, 15) is 9.59 Å². The highest BCUT2D eigenvalue weighted by Crippen LogP contribution is 2.13. The van der Waals surface area contributed by atoms with Gasteiger partial charge in [-0.2, -0.15) is 0 Å². The van der Waals surface area contributed by atoms with E-state index in [0.717, 1.165) is 0 Å². The first-order valence-electron chi connectivity index (χ1n) is 7.11. The second-order valence-corrected chi connectivity index (χ2v) is 6.97. The van der Waals surface area contributed by atoms with E-state index in [1.807, 2.05) is 20.8 Å². The van der Waals surface area contributed by atoms with Gasteiger partial charge in [0.1, 0.15) is 17.2 Å². The van der Waals surface area contributed by atoms with Gasteiger partial charge >= 0.3 is 11.9 Å². The van der Waals surface area contributed by atoms with Crippen LogP contribution in [0.15, 0.2) is 0 Å². The normalized spacial score (nSPS) is 13.8. The van der Waals surface area contributed by atoms with Gasteiger partial charge in [0, 0.05) is 6.42 Å². The highest BCUT2D eigenvalue weighted by molar-refractivity contribution is 5.75. The van der Waals surface area contributed by atoms with Gasteiger partial charge in [-0.1, -0.05) is 6.42 Å². The molecule has 0 aliphatic carbocycles. The summed E-state index contributed by atoms with van der Waals surface area (Å²) in [6.07, 6.45) is 2.21. The van der Waals surface area contributed by atoms with Gasteiger partial charge in [-0.3, -0.25) is 9.59 Å². The highest BCUT2D eigenvalue weighted by Gasteiger charge is 2.22. The number of carbonyl (C=O) groups is 2. The van der Waals surface area contributed by atoms with E-state index in [0.29, 0.717) is 25.7 Å². The Morgan fingerprint density at radius 1 is 0.950 bits per heavy atom. The van der Waals surface area contributed by atoms with Gasteiger partial charge in [-0.05, 0) is 54.4 Å². The number of nitrogens with two attached hydrogens (primary N) is 1. The molecule has 0 amide bonds. The third kappa shape index (κ3) is 10.8. The number of carbonyl (C=O) groups excluding carboxylic acids is 2. The van der Waals surface area contributed by atoms with E-state index in [2.05, 4.69) is 0 Å². The lowest BCUT2D eigenvalue weighted by molar-refractivity contribution is -0.156. The van der Waals surface area contributed by atoms with E-state index in [-0.39, 0.29) is 5.97 Å². The summed E-state index contributed by atoms with van der Waals surface area (Å²) in [7, 11) is 0. The summed E-state index contributed by atoms with van der Waals surface area (Å²) in [6, 6.07) is -0.632. The molecule has 0 saturated carbocycles. The zero-order valence-corrected chi connectivity index (χ0v) is 13.6. The molecule has 0 aliphatic heterocycles. The van der Waals surface area contributed by atoms with Crippen LogP contribution in [0, 0.1) is 0 Å². The van der Waals surface area contributed by atoms with E-state index < -0.39 is 23.2 Å². The van der Waals surface area contributed by atoms with Crippen LogP contribution in [0.25, 0.3) is 0 Å². The van der Waals surface area contributed by atoms with Crippen molar-refractivity contribution in [1.29, 1.82) is 0 Å². The summed E-state index contributed by atoms with van der Waals surface area (Å²) in [5.41, 5.74) is 4.78. The standard InChI is InChI=1S/C15H29NO4/c1-14(2,3)19-12(17)10-8-7-9-11(16)13(18)20-15(4,5)6/h11H,7-10,16H2,1-6H3. The summed E-state index contributed by atoms with van der Waals surface area (Å²) in [5.74, 6) is -0.613. The van der Waals surface area contributed by atoms with E-state index in [4.69, 9.17) is 15.2 Å². The van der Waals surface area contributed by atoms with Gasteiger partial charge in [0.2, 0.25) is 0 Å². The topological polar surface area (TPSA) is 78.6 Å². The molecule has 20 heavy (non-hydrogen) atoms. The molecule has 5 heteroatoms. The van der Waals surface area contributed by atoms with Crippen molar-refractivity contribution in [3.8, 4) is 0 Å². The smallest absolute Gasteiger partial charge is 0.323 e. The monoisotopic (exact) mass is 287 g/mol. The maximum atomic E-state index is 11.6. The van der Waals surface area contributed by atoms with Crippen LogP contribution < -0.4 is 5.73 Å². The predicted octanol–water partition coefficient (Wildman–Crippen LogP) is 2.56. The van der Waals surface area contributed by atoms with Crippen molar-refractivity contribution in [3.05, 3.63) is 0 Å². The Kier molecular flexibility index (Phi) is 7.20. The van der Waals surface area contributed by atoms with Crippen molar-refractivity contribution in [2.45, 2.75) is 84.5 Å². The summed E-state index contributed by atoms with van der Waals surface area (Å²) in [4.78, 5) is 23.1. The lowest BCUT2D eigenvalue weighted by Gasteiger charge is -2.22. The fourth-order valence-electron chi connectivity index (χ4n) is 1.52. The van der Waals surface area contributed by atoms with Crippen LogP contribution >= 0.6 is 0 Å². The molecular weight excluding hydrogens is 258 g/mol. The molecule has 0 aliphatic rings. The number of hydrogen-bond acceptors (Lipinski definition) is 5. The van der Waals surface area contributed by atoms with Gasteiger partial charge in [0.05, 0.1) is 0 Å². The molecule has 0 bridgehead atoms. The molecule has 0 spiro atoms. The fraction of sp³-hybridized carbons (Fsp3) is 0.867. The number of ether oxygens (including phenoxy) is 2. The first kappa shape index (κ1) is 18.9. The van der Waals surface area contributed by atoms with Crippen molar-refractivity contribution >= 4 is 11.9 Å². The SMILES string of the molecule is CC(C)(C)OC(=O)CCCCC(N)C(=O)OC(C)(C)C. The molecule has 0 heterocycles. The van der Waals surface area contributed by atoms with Crippen molar-refractivity contribution in [2.24, 2.45) is 5.73 Å². The van der Waals surface area contributed by atoms with E-state index in [1.165, 1.54) is 0 Å². The third-order valence-corrected chi connectivity index (χ3v) is 2.28. The zero-order chi connectivity index (χ0) is 16.0. The third-order valence-electron chi connectivity index (χ3n) is 2.28. The molecule has 2 N–H and O–H groups in total. The minimum atomic E-state index is -0.632. The minimum Gasteiger partial charge on any atom is -0.460 e. The van der Waals surface area contributed by atoms with Gasteiger partial charge in [0.25, 0.3) is 0 Å². The number of unbranched alkanes of at least 4 members (excludes halogenated alkanes) is 1. The highest BCUT2D eigenvalue weighted by atomic mass is 16.6. The number of esters is 2. The molecule has 0 aromatic heterocycles. The van der Waals surface area contributed by atoms with Gasteiger partial charge in [-0.25, -0.2) is 0 Å². The summed E-state index contributed by atoms with van der Waals surface area (Å²) >= 11 is 0. The Balaban J connectivity index is 3.85. The number of hydrogen-bond donors (Lipinski definition) is 1. The maximum absolute atomic E-state index is 11.6. The Hall–Kier alpha value is -1.10.